The number of hydrogen-bond acceptors (Lipinski definition) is 4. The first-order chi connectivity index (χ1) is 9.56. The van der Waals surface area contributed by atoms with E-state index in [0.717, 1.165) is 0 Å². The predicted octanol–water partition coefficient (Wildman–Crippen LogP) is 0.884. The maximum Gasteiger partial charge on any atom is 0.326 e. The number of amides is 1. The average Bonchev–Trinajstić information content (AvgIpc) is 2.90. The molecule has 104 valence electrons. The fraction of sp³-hybridized carbons (Fsp3) is 0.167. The summed E-state index contributed by atoms with van der Waals surface area (Å²) >= 11 is 5.68. The van der Waals surface area contributed by atoms with Crippen molar-refractivity contribution >= 4 is 23.5 Å². The highest BCUT2D eigenvalue weighted by Crippen LogP contribution is 2.08. The zero-order valence-electron chi connectivity index (χ0n) is 10.2. The maximum absolute atomic E-state index is 12.0. The van der Waals surface area contributed by atoms with Crippen molar-refractivity contribution in [3.8, 4) is 0 Å². The molecule has 7 nitrogen and oxygen atoms in total. The number of carboxylic acids is 1. The molecule has 0 bridgehead atoms. The molecule has 0 aromatic carbocycles. The maximum atomic E-state index is 12.0. The summed E-state index contributed by atoms with van der Waals surface area (Å²) in [7, 11) is 0. The summed E-state index contributed by atoms with van der Waals surface area (Å²) in [6, 6.07) is 1.76. The van der Waals surface area contributed by atoms with Crippen molar-refractivity contribution in [1.82, 2.24) is 20.3 Å². The van der Waals surface area contributed by atoms with Crippen molar-refractivity contribution in [3.05, 3.63) is 47.3 Å². The van der Waals surface area contributed by atoms with Crippen molar-refractivity contribution in [2.24, 2.45) is 0 Å². The quantitative estimate of drug-likeness (QED) is 0.710. The Morgan fingerprint density at radius 2 is 2.30 bits per heavy atom. The van der Waals surface area contributed by atoms with Gasteiger partial charge in [-0.1, -0.05) is 11.6 Å². The molecular weight excluding hydrogens is 284 g/mol. The lowest BCUT2D eigenvalue weighted by Crippen LogP contribution is -2.42. The molecule has 1 amide bonds. The van der Waals surface area contributed by atoms with Crippen molar-refractivity contribution in [3.63, 3.8) is 0 Å². The van der Waals surface area contributed by atoms with Gasteiger partial charge in [-0.3, -0.25) is 4.79 Å². The van der Waals surface area contributed by atoms with Gasteiger partial charge < -0.3 is 15.4 Å². The fourth-order valence-corrected chi connectivity index (χ4v) is 1.78. The van der Waals surface area contributed by atoms with Crippen LogP contribution in [0, 0.1) is 0 Å². The van der Waals surface area contributed by atoms with E-state index in [1.54, 1.807) is 0 Å². The molecule has 20 heavy (non-hydrogen) atoms. The first kappa shape index (κ1) is 14.0. The SMILES string of the molecule is O=C(NC(Cc1cnc[nH]1)C(=O)O)c1ccnc(Cl)c1. The van der Waals surface area contributed by atoms with Crippen LogP contribution in [0.15, 0.2) is 30.9 Å². The third-order valence-electron chi connectivity index (χ3n) is 2.57. The number of nitrogens with one attached hydrogen (secondary N) is 2. The van der Waals surface area contributed by atoms with E-state index in [2.05, 4.69) is 20.3 Å². The first-order valence-electron chi connectivity index (χ1n) is 5.68. The van der Waals surface area contributed by atoms with Crippen LogP contribution in [0.25, 0.3) is 0 Å². The van der Waals surface area contributed by atoms with Crippen LogP contribution in [-0.2, 0) is 11.2 Å². The highest BCUT2D eigenvalue weighted by Gasteiger charge is 2.21. The Bertz CT molecular complexity index is 615. The molecule has 3 N–H and O–H groups in total. The Kier molecular flexibility index (Phi) is 4.31. The Balaban J connectivity index is 2.08. The van der Waals surface area contributed by atoms with Crippen LogP contribution in [0.3, 0.4) is 0 Å². The monoisotopic (exact) mass is 294 g/mol. The zero-order chi connectivity index (χ0) is 14.5. The summed E-state index contributed by atoms with van der Waals surface area (Å²) in [4.78, 5) is 33.5. The molecule has 1 unspecified atom stereocenters. The molecule has 2 heterocycles. The number of hydrogen-bond donors (Lipinski definition) is 3. The normalized spacial score (nSPS) is 11.8. The van der Waals surface area contributed by atoms with E-state index in [1.807, 2.05) is 0 Å². The summed E-state index contributed by atoms with van der Waals surface area (Å²) < 4.78 is 0. The second-order valence-electron chi connectivity index (χ2n) is 4.01. The molecule has 0 saturated carbocycles. The number of aliphatic carboxylic acids is 1. The van der Waals surface area contributed by atoms with Gasteiger partial charge in [0.05, 0.1) is 6.33 Å². The fourth-order valence-electron chi connectivity index (χ4n) is 1.60. The Hall–Kier alpha value is -2.41. The van der Waals surface area contributed by atoms with Gasteiger partial charge in [-0.2, -0.15) is 0 Å². The lowest BCUT2D eigenvalue weighted by Gasteiger charge is -2.13. The molecular formula is C12H11ClN4O3. The average molecular weight is 295 g/mol. The van der Waals surface area contributed by atoms with E-state index in [-0.39, 0.29) is 17.1 Å². The molecule has 2 aromatic rings. The molecule has 8 heteroatoms. The number of halogens is 1. The third-order valence-corrected chi connectivity index (χ3v) is 2.78. The van der Waals surface area contributed by atoms with E-state index in [1.165, 1.54) is 30.9 Å². The summed E-state index contributed by atoms with van der Waals surface area (Å²) in [5, 5.41) is 11.7. The predicted molar refractivity (Wildman–Crippen MR) is 70.4 cm³/mol. The van der Waals surface area contributed by atoms with Crippen molar-refractivity contribution in [2.75, 3.05) is 0 Å². The molecule has 0 aliphatic rings. The Morgan fingerprint density at radius 3 is 2.90 bits per heavy atom. The largest absolute Gasteiger partial charge is 0.480 e. The standard InChI is InChI=1S/C12H11ClN4O3/c13-10-3-7(1-2-15-10)11(18)17-9(12(19)20)4-8-5-14-6-16-8/h1-3,5-6,9H,4H2,(H,14,16)(H,17,18)(H,19,20). The van der Waals surface area contributed by atoms with Crippen molar-refractivity contribution in [2.45, 2.75) is 12.5 Å². The smallest absolute Gasteiger partial charge is 0.326 e. The van der Waals surface area contributed by atoms with E-state index in [0.29, 0.717) is 5.69 Å². The molecule has 0 aliphatic heterocycles. The number of carbonyl (C=O) groups excluding carboxylic acids is 1. The number of pyridine rings is 1. The third kappa shape index (κ3) is 3.55. The minimum atomic E-state index is -1.13. The van der Waals surface area contributed by atoms with Gasteiger partial charge in [0.15, 0.2) is 0 Å². The van der Waals surface area contributed by atoms with Gasteiger partial charge in [0, 0.05) is 30.1 Å². The van der Waals surface area contributed by atoms with Gasteiger partial charge in [-0.25, -0.2) is 14.8 Å². The Morgan fingerprint density at radius 1 is 1.50 bits per heavy atom. The minimum Gasteiger partial charge on any atom is -0.480 e. The zero-order valence-corrected chi connectivity index (χ0v) is 11.0. The molecule has 0 spiro atoms. The topological polar surface area (TPSA) is 108 Å². The van der Waals surface area contributed by atoms with Gasteiger partial charge >= 0.3 is 5.97 Å². The van der Waals surface area contributed by atoms with Gasteiger partial charge in [0.2, 0.25) is 0 Å². The molecule has 0 saturated heterocycles. The lowest BCUT2D eigenvalue weighted by atomic mass is 10.1. The van der Waals surface area contributed by atoms with E-state index < -0.39 is 17.9 Å². The van der Waals surface area contributed by atoms with Crippen molar-refractivity contribution in [1.29, 1.82) is 0 Å². The first-order valence-corrected chi connectivity index (χ1v) is 6.06. The molecule has 0 radical (unpaired) electrons. The minimum absolute atomic E-state index is 0.111. The molecule has 0 aliphatic carbocycles. The highest BCUT2D eigenvalue weighted by atomic mass is 35.5. The van der Waals surface area contributed by atoms with Gasteiger partial charge in [-0.15, -0.1) is 0 Å². The molecule has 2 rings (SSSR count). The number of nitrogens with zero attached hydrogens (tertiary/aromatic N) is 2. The van der Waals surface area contributed by atoms with Crippen LogP contribution < -0.4 is 5.32 Å². The van der Waals surface area contributed by atoms with E-state index in [4.69, 9.17) is 16.7 Å². The highest BCUT2D eigenvalue weighted by molar-refractivity contribution is 6.29. The van der Waals surface area contributed by atoms with Gasteiger partial charge in [0.1, 0.15) is 11.2 Å². The lowest BCUT2D eigenvalue weighted by molar-refractivity contribution is -0.139. The van der Waals surface area contributed by atoms with Crippen molar-refractivity contribution < 1.29 is 14.7 Å². The van der Waals surface area contributed by atoms with Crippen LogP contribution in [0.4, 0.5) is 0 Å². The summed E-state index contributed by atoms with van der Waals surface area (Å²) in [5.41, 5.74) is 0.867. The molecule has 0 fully saturated rings. The number of aromatic amines is 1. The number of imidazole rings is 1. The Labute approximate surface area is 119 Å². The van der Waals surface area contributed by atoms with Crippen LogP contribution in [0.5, 0.6) is 0 Å². The van der Waals surface area contributed by atoms with Crippen LogP contribution in [0.2, 0.25) is 5.15 Å². The van der Waals surface area contributed by atoms with Gasteiger partial charge in [0.25, 0.3) is 5.91 Å². The number of carboxylic acid groups (broad SMARTS) is 1. The van der Waals surface area contributed by atoms with Crippen LogP contribution in [-0.4, -0.2) is 38.0 Å². The molecule has 2 aromatic heterocycles. The van der Waals surface area contributed by atoms with Crippen LogP contribution in [0.1, 0.15) is 16.1 Å². The van der Waals surface area contributed by atoms with Crippen LogP contribution >= 0.6 is 11.6 Å². The summed E-state index contributed by atoms with van der Waals surface area (Å²) in [6.07, 6.45) is 4.44. The number of rotatable bonds is 5. The summed E-state index contributed by atoms with van der Waals surface area (Å²) in [5.74, 6) is -1.66. The summed E-state index contributed by atoms with van der Waals surface area (Å²) in [6.45, 7) is 0. The second-order valence-corrected chi connectivity index (χ2v) is 4.40. The number of H-pyrrole nitrogens is 1. The van der Waals surface area contributed by atoms with E-state index >= 15 is 0 Å². The van der Waals surface area contributed by atoms with Gasteiger partial charge in [-0.05, 0) is 12.1 Å². The van der Waals surface area contributed by atoms with E-state index in [9.17, 15) is 9.59 Å². The number of carbonyl (C=O) groups is 2. The second kappa shape index (κ2) is 6.16. The molecule has 1 atom stereocenters. The number of aromatic nitrogens is 3.